The molecule has 0 unspecified atom stereocenters. The van der Waals surface area contributed by atoms with Gasteiger partial charge in [-0.25, -0.2) is 16.8 Å². The molecule has 0 aliphatic heterocycles. The first-order valence-electron chi connectivity index (χ1n) is 11.3. The third-order valence-corrected chi connectivity index (χ3v) is 10.1. The first kappa shape index (κ1) is 23.3. The zero-order valence-corrected chi connectivity index (χ0v) is 21.4. The molecular weight excluding hydrogens is 510 g/mol. The highest BCUT2D eigenvalue weighted by molar-refractivity contribution is 7.92. The molecule has 1 aliphatic carbocycles. The highest BCUT2D eigenvalue weighted by atomic mass is 32.2. The highest BCUT2D eigenvalue weighted by Gasteiger charge is 2.39. The average Bonchev–Trinajstić information content (AvgIpc) is 3.32. The molecule has 37 heavy (non-hydrogen) atoms. The topological polar surface area (TPSA) is 111 Å². The Bertz CT molecular complexity index is 1970. The predicted molar refractivity (Wildman–Crippen MR) is 136 cm³/mol. The van der Waals surface area contributed by atoms with Gasteiger partial charge in [-0.15, -0.1) is 0 Å². The molecule has 4 aromatic carbocycles. The van der Waals surface area contributed by atoms with Crippen molar-refractivity contribution in [2.45, 2.75) is 33.4 Å². The van der Waals surface area contributed by atoms with E-state index < -0.39 is 30.4 Å². The van der Waals surface area contributed by atoms with Gasteiger partial charge in [0.05, 0.1) is 25.6 Å². The third-order valence-electron chi connectivity index (χ3n) is 6.57. The summed E-state index contributed by atoms with van der Waals surface area (Å²) in [6, 6.07) is 20.0. The quantitative estimate of drug-likeness (QED) is 0.304. The Morgan fingerprint density at radius 1 is 0.676 bits per heavy atom. The summed E-state index contributed by atoms with van der Waals surface area (Å²) < 4.78 is 61.1. The van der Waals surface area contributed by atoms with E-state index in [1.807, 2.05) is 13.8 Å². The minimum Gasteiger partial charge on any atom is -0.355 e. The third kappa shape index (κ3) is 3.38. The predicted octanol–water partition coefficient (Wildman–Crippen LogP) is 5.32. The fourth-order valence-corrected chi connectivity index (χ4v) is 7.58. The molecule has 0 atom stereocenters. The maximum atomic E-state index is 13.9. The van der Waals surface area contributed by atoms with E-state index in [0.717, 1.165) is 17.2 Å². The molecule has 1 aliphatic rings. The van der Waals surface area contributed by atoms with Crippen LogP contribution in [0.1, 0.15) is 27.0 Å². The molecular formula is C28H19NO6S2. The number of fused-ring (bicyclic) bond motifs is 2. The largest absolute Gasteiger partial charge is 0.355 e. The lowest BCUT2D eigenvalue weighted by Crippen LogP contribution is -2.17. The average molecular weight is 530 g/mol. The zero-order chi connectivity index (χ0) is 26.1. The van der Waals surface area contributed by atoms with Crippen molar-refractivity contribution in [1.82, 2.24) is 5.16 Å². The number of hydrogen-bond acceptors (Lipinski definition) is 7. The Hall–Kier alpha value is -4.08. The van der Waals surface area contributed by atoms with Crippen LogP contribution >= 0.6 is 0 Å². The van der Waals surface area contributed by atoms with E-state index in [2.05, 4.69) is 5.16 Å². The highest BCUT2D eigenvalue weighted by Crippen LogP contribution is 2.45. The van der Waals surface area contributed by atoms with Gasteiger partial charge in [0.15, 0.2) is 11.5 Å². The maximum Gasteiger partial charge on any atom is 0.208 e. The van der Waals surface area contributed by atoms with E-state index in [9.17, 15) is 21.6 Å². The second-order valence-electron chi connectivity index (χ2n) is 8.99. The Kier molecular flexibility index (Phi) is 5.02. The Balaban J connectivity index is 1.75. The molecule has 0 saturated carbocycles. The van der Waals surface area contributed by atoms with Gasteiger partial charge in [0.25, 0.3) is 0 Å². The van der Waals surface area contributed by atoms with Crippen LogP contribution in [0.3, 0.4) is 0 Å². The Morgan fingerprint density at radius 2 is 1.19 bits per heavy atom. The van der Waals surface area contributed by atoms with Crippen LogP contribution in [0, 0.1) is 13.8 Å². The van der Waals surface area contributed by atoms with Crippen LogP contribution < -0.4 is 0 Å². The van der Waals surface area contributed by atoms with Gasteiger partial charge >= 0.3 is 0 Å². The van der Waals surface area contributed by atoms with E-state index in [4.69, 9.17) is 4.52 Å². The van der Waals surface area contributed by atoms with Crippen molar-refractivity contribution in [3.8, 4) is 11.3 Å². The molecule has 0 N–H and O–H groups in total. The number of ketones is 1. The number of carbonyl (C=O) groups excluding carboxylic acids is 1. The number of aromatic nitrogens is 1. The van der Waals surface area contributed by atoms with Crippen molar-refractivity contribution in [3.05, 3.63) is 101 Å². The van der Waals surface area contributed by atoms with Gasteiger partial charge in [-0.1, -0.05) is 64.8 Å². The van der Waals surface area contributed by atoms with Crippen LogP contribution in [0.5, 0.6) is 0 Å². The molecule has 5 aromatic rings. The summed E-state index contributed by atoms with van der Waals surface area (Å²) in [5, 5.41) is 4.11. The van der Waals surface area contributed by atoms with Crippen LogP contribution in [0.2, 0.25) is 0 Å². The number of aryl methyl sites for hydroxylation is 2. The number of hydrogen-bond donors (Lipinski definition) is 0. The van der Waals surface area contributed by atoms with Gasteiger partial charge in [-0.3, -0.25) is 4.79 Å². The fraction of sp³-hybridized carbons (Fsp3) is 0.0714. The van der Waals surface area contributed by atoms with Crippen molar-refractivity contribution >= 4 is 36.4 Å². The molecule has 0 radical (unpaired) electrons. The van der Waals surface area contributed by atoms with Crippen molar-refractivity contribution in [2.24, 2.45) is 0 Å². The molecule has 0 amide bonds. The van der Waals surface area contributed by atoms with Crippen molar-refractivity contribution < 1.29 is 26.2 Å². The number of rotatable bonds is 4. The van der Waals surface area contributed by atoms with Crippen molar-refractivity contribution in [1.29, 1.82) is 0 Å². The lowest BCUT2D eigenvalue weighted by Gasteiger charge is -2.18. The maximum absolute atomic E-state index is 13.9. The first-order valence-corrected chi connectivity index (χ1v) is 14.3. The SMILES string of the molecule is Cc1ccc(S(=O)(=O)c2cc(S(=O)(=O)c3ccc(C)cc3)c3noc4c3c2C(=O)c2ccccc2-4)cc1. The summed E-state index contributed by atoms with van der Waals surface area (Å²) in [7, 11) is -8.55. The van der Waals surface area contributed by atoms with Gasteiger partial charge in [-0.2, -0.15) is 0 Å². The second kappa shape index (κ2) is 7.96. The Morgan fingerprint density at radius 3 is 1.76 bits per heavy atom. The standard InChI is InChI=1S/C28H19NO6S2/c1-16-7-11-18(12-8-16)36(31,32)22-15-23(37(33,34)19-13-9-17(2)10-14-19)26-25-24(22)27(30)20-5-3-4-6-21(20)28(25)35-29-26/h3-15H,1-2H3. The normalized spacial score (nSPS) is 13.1. The molecule has 0 spiro atoms. The molecule has 1 aromatic heterocycles. The minimum atomic E-state index is -4.31. The van der Waals surface area contributed by atoms with Gasteiger partial charge in [0, 0.05) is 11.1 Å². The zero-order valence-electron chi connectivity index (χ0n) is 19.7. The monoisotopic (exact) mass is 529 g/mol. The molecule has 0 fully saturated rings. The summed E-state index contributed by atoms with van der Waals surface area (Å²) in [5.41, 5.74) is 2.16. The summed E-state index contributed by atoms with van der Waals surface area (Å²) in [6.07, 6.45) is 0. The second-order valence-corrected chi connectivity index (χ2v) is 12.8. The molecule has 9 heteroatoms. The summed E-state index contributed by atoms with van der Waals surface area (Å²) >= 11 is 0. The lowest BCUT2D eigenvalue weighted by molar-refractivity contribution is 0.103. The van der Waals surface area contributed by atoms with Crippen LogP contribution in [-0.4, -0.2) is 27.8 Å². The van der Waals surface area contributed by atoms with E-state index in [1.165, 1.54) is 24.3 Å². The molecule has 6 rings (SSSR count). The molecule has 7 nitrogen and oxygen atoms in total. The van der Waals surface area contributed by atoms with Crippen LogP contribution in [0.4, 0.5) is 0 Å². The number of sulfone groups is 2. The Labute approximate surface area is 213 Å². The minimum absolute atomic E-state index is 0.0285. The fourth-order valence-electron chi connectivity index (χ4n) is 4.60. The van der Waals surface area contributed by atoms with Gasteiger partial charge in [0.1, 0.15) is 10.4 Å². The molecule has 0 bridgehead atoms. The van der Waals surface area contributed by atoms with Gasteiger partial charge < -0.3 is 4.52 Å². The van der Waals surface area contributed by atoms with Crippen molar-refractivity contribution in [3.63, 3.8) is 0 Å². The van der Waals surface area contributed by atoms with E-state index in [-0.39, 0.29) is 42.5 Å². The number of benzene rings is 4. The summed E-state index contributed by atoms with van der Waals surface area (Å²) in [6.45, 7) is 3.65. The van der Waals surface area contributed by atoms with Crippen LogP contribution in [-0.2, 0) is 19.7 Å². The van der Waals surface area contributed by atoms with E-state index >= 15 is 0 Å². The van der Waals surface area contributed by atoms with E-state index in [0.29, 0.717) is 5.56 Å². The molecule has 1 heterocycles. The summed E-state index contributed by atoms with van der Waals surface area (Å²) in [5.74, 6) is -0.386. The first-order chi connectivity index (χ1) is 17.6. The molecule has 0 saturated heterocycles. The van der Waals surface area contributed by atoms with E-state index in [1.54, 1.807) is 48.5 Å². The van der Waals surface area contributed by atoms with Gasteiger partial charge in [-0.05, 0) is 44.2 Å². The molecule has 184 valence electrons. The lowest BCUT2D eigenvalue weighted by atomic mass is 9.88. The van der Waals surface area contributed by atoms with Crippen molar-refractivity contribution in [2.75, 3.05) is 0 Å². The number of nitrogens with zero attached hydrogens (tertiary/aromatic N) is 1. The smallest absolute Gasteiger partial charge is 0.208 e. The van der Waals surface area contributed by atoms with Crippen LogP contribution in [0.25, 0.3) is 22.2 Å². The summed E-state index contributed by atoms with van der Waals surface area (Å²) in [4.78, 5) is 12.9. The number of carbonyl (C=O) groups is 1. The van der Waals surface area contributed by atoms with Crippen LogP contribution in [0.15, 0.2) is 103 Å². The van der Waals surface area contributed by atoms with Gasteiger partial charge in [0.2, 0.25) is 19.7 Å².